The smallest absolute Gasteiger partial charge is 0.408 e. The zero-order valence-corrected chi connectivity index (χ0v) is 36.5. The van der Waals surface area contributed by atoms with Gasteiger partial charge in [-0.1, -0.05) is 57.2 Å². The lowest BCUT2D eigenvalue weighted by atomic mass is 9.78. The van der Waals surface area contributed by atoms with Gasteiger partial charge in [0, 0.05) is 19.1 Å². The topological polar surface area (TPSA) is 177 Å². The fourth-order valence-corrected chi connectivity index (χ4v) is 8.83. The second-order valence-electron chi connectivity index (χ2n) is 17.1. The molecule has 3 aliphatic rings. The van der Waals surface area contributed by atoms with Crippen molar-refractivity contribution in [2.75, 3.05) is 34.4 Å². The van der Waals surface area contributed by atoms with E-state index in [0.29, 0.717) is 36.9 Å². The van der Waals surface area contributed by atoms with Crippen LogP contribution in [0, 0.1) is 17.8 Å². The second kappa shape index (κ2) is 20.0. The summed E-state index contributed by atoms with van der Waals surface area (Å²) < 4.78 is 43.7. The molecule has 3 fully saturated rings. The lowest BCUT2D eigenvalue weighted by Gasteiger charge is -2.47. The van der Waals surface area contributed by atoms with Gasteiger partial charge in [0.05, 0.1) is 41.0 Å². The van der Waals surface area contributed by atoms with Crippen molar-refractivity contribution < 1.29 is 57.1 Å². The van der Waals surface area contributed by atoms with Crippen LogP contribution in [-0.4, -0.2) is 129 Å². The van der Waals surface area contributed by atoms with Crippen LogP contribution in [-0.2, 0) is 42.7 Å². The average Bonchev–Trinajstić information content (AvgIpc) is 3.56. The summed E-state index contributed by atoms with van der Waals surface area (Å²) >= 11 is 0. The zero-order valence-electron chi connectivity index (χ0n) is 36.5. The van der Waals surface area contributed by atoms with Crippen LogP contribution in [0.5, 0.6) is 0 Å². The molecule has 15 heteroatoms. The molecule has 3 aliphatic heterocycles. The zero-order chi connectivity index (χ0) is 43.9. The monoisotopic (exact) mass is 837 g/mol. The van der Waals surface area contributed by atoms with Crippen molar-refractivity contribution in [3.8, 4) is 0 Å². The Kier molecular flexibility index (Phi) is 15.5. The van der Waals surface area contributed by atoms with E-state index in [4.69, 9.17) is 33.2 Å². The Bertz CT molecular complexity index is 1800. The summed E-state index contributed by atoms with van der Waals surface area (Å²) in [5.41, 5.74) is -1.71. The first-order valence-electron chi connectivity index (χ1n) is 20.9. The van der Waals surface area contributed by atoms with E-state index >= 15 is 0 Å². The van der Waals surface area contributed by atoms with Gasteiger partial charge in [-0.25, -0.2) is 14.4 Å². The van der Waals surface area contributed by atoms with Gasteiger partial charge in [0.2, 0.25) is 0 Å². The number of Topliss-reactive ketones (excluding diaryl/α,β-unsaturated/α-hetero) is 1. The van der Waals surface area contributed by atoms with Crippen molar-refractivity contribution in [3.63, 3.8) is 0 Å². The van der Waals surface area contributed by atoms with Gasteiger partial charge in [-0.05, 0) is 97.8 Å². The number of ketones is 1. The van der Waals surface area contributed by atoms with Crippen LogP contribution >= 0.6 is 0 Å². The number of ether oxygens (including phenoxy) is 7. The predicted octanol–water partition coefficient (Wildman–Crippen LogP) is 4.95. The highest BCUT2D eigenvalue weighted by atomic mass is 16.7. The maximum Gasteiger partial charge on any atom is 0.408 e. The SMILES string of the molecule is CC[C@H]1OC(=O)C(C)C(=O)[C@H](C)[C@@H](O[C@@H]2O[C@H](COC(=O)c3ccccc3)CC(N(C)C)C2OC(=O)c2ccccc2)[C@](C)(OC)C[C@@H](C)CN[C@H](C)[C@H]2NC(=O)O[C@@]21C. The number of carbonyl (C=O) groups is 5. The number of carbonyl (C=O) groups excluding carboxylic acids is 5. The number of nitrogens with one attached hydrogen (secondary N) is 2. The summed E-state index contributed by atoms with van der Waals surface area (Å²) in [6.45, 7) is 12.9. The molecule has 0 aromatic heterocycles. The van der Waals surface area contributed by atoms with Crippen molar-refractivity contribution in [3.05, 3.63) is 71.8 Å². The number of alkyl carbamates (subject to hydrolysis) is 1. The maximum atomic E-state index is 14.6. The minimum atomic E-state index is -1.30. The Morgan fingerprint density at radius 3 is 2.12 bits per heavy atom. The van der Waals surface area contributed by atoms with Gasteiger partial charge in [0.15, 0.2) is 23.8 Å². The number of rotatable bonds is 10. The third-order valence-corrected chi connectivity index (χ3v) is 12.4. The Labute approximate surface area is 353 Å². The number of nitrogens with zero attached hydrogens (tertiary/aromatic N) is 1. The molecule has 2 aromatic carbocycles. The van der Waals surface area contributed by atoms with E-state index in [1.807, 2.05) is 46.7 Å². The van der Waals surface area contributed by atoms with Crippen LogP contribution < -0.4 is 10.6 Å². The minimum Gasteiger partial charge on any atom is -0.459 e. The van der Waals surface area contributed by atoms with Crippen molar-refractivity contribution >= 4 is 29.8 Å². The number of likely N-dealkylation sites (N-methyl/N-ethyl adjacent to an activating group) is 1. The molecule has 3 saturated heterocycles. The summed E-state index contributed by atoms with van der Waals surface area (Å²) in [5, 5.41) is 6.44. The predicted molar refractivity (Wildman–Crippen MR) is 220 cm³/mol. The molecule has 1 amide bonds. The summed E-state index contributed by atoms with van der Waals surface area (Å²) in [6.07, 6.45) is -4.61. The molecule has 0 spiro atoms. The number of esters is 3. The fraction of sp³-hybridized carbons (Fsp3) is 0.622. The molecule has 330 valence electrons. The largest absolute Gasteiger partial charge is 0.459 e. The molecule has 0 radical (unpaired) electrons. The molecule has 3 unspecified atom stereocenters. The van der Waals surface area contributed by atoms with E-state index in [1.165, 1.54) is 14.0 Å². The molecule has 15 nitrogen and oxygen atoms in total. The third-order valence-electron chi connectivity index (χ3n) is 12.4. The van der Waals surface area contributed by atoms with Gasteiger partial charge in [0.1, 0.15) is 18.6 Å². The number of amides is 1. The Morgan fingerprint density at radius 1 is 0.917 bits per heavy atom. The lowest BCUT2D eigenvalue weighted by Crippen LogP contribution is -2.61. The van der Waals surface area contributed by atoms with E-state index < -0.39 is 95.6 Å². The molecule has 2 aromatic rings. The van der Waals surface area contributed by atoms with Gasteiger partial charge in [-0.3, -0.25) is 9.59 Å². The number of hydrogen-bond acceptors (Lipinski definition) is 14. The quantitative estimate of drug-likeness (QED) is 0.187. The molecule has 0 aliphatic carbocycles. The van der Waals surface area contributed by atoms with E-state index in [0.717, 1.165) is 0 Å². The maximum absolute atomic E-state index is 14.6. The molecule has 3 heterocycles. The van der Waals surface area contributed by atoms with Crippen LogP contribution in [0.2, 0.25) is 0 Å². The van der Waals surface area contributed by atoms with Gasteiger partial charge >= 0.3 is 24.0 Å². The highest BCUT2D eigenvalue weighted by molar-refractivity contribution is 6.00. The van der Waals surface area contributed by atoms with Crippen molar-refractivity contribution in [2.45, 2.75) is 128 Å². The van der Waals surface area contributed by atoms with Gasteiger partial charge < -0.3 is 48.7 Å². The summed E-state index contributed by atoms with van der Waals surface area (Å²) in [6, 6.07) is 15.8. The van der Waals surface area contributed by atoms with Crippen molar-refractivity contribution in [1.29, 1.82) is 0 Å². The standard InChI is InChI=1S/C45H63N3O12/c1-11-34-45(7)37(47-43(53)60-45)29(5)46-24-26(2)23-44(6,54-10)38(27(3)35(49)28(4)39(50)57-34)59-42-36(58-41(52)31-20-16-13-17-21-31)33(48(8)9)22-32(56-42)25-55-40(51)30-18-14-12-15-19-30/h12-21,26-29,32-34,36-38,42,46H,11,22-25H2,1-10H3,(H,47,53)/t26-,27+,28?,29-,32+,33?,34-,36?,37-,38-,42+,44-,45-/m1/s1. The van der Waals surface area contributed by atoms with Crippen LogP contribution in [0.4, 0.5) is 4.79 Å². The van der Waals surface area contributed by atoms with E-state index in [9.17, 15) is 24.0 Å². The number of hydrogen-bond donors (Lipinski definition) is 2. The molecular weight excluding hydrogens is 775 g/mol. The van der Waals surface area contributed by atoms with E-state index in [-0.39, 0.29) is 18.6 Å². The first-order valence-corrected chi connectivity index (χ1v) is 20.9. The van der Waals surface area contributed by atoms with Gasteiger partial charge in [-0.15, -0.1) is 0 Å². The number of fused-ring (bicyclic) bond motifs is 1. The first kappa shape index (κ1) is 46.7. The molecule has 5 rings (SSSR count). The van der Waals surface area contributed by atoms with Crippen LogP contribution in [0.1, 0.15) is 88.4 Å². The second-order valence-corrected chi connectivity index (χ2v) is 17.1. The number of cyclic esters (lactones) is 1. The molecule has 13 atom stereocenters. The highest BCUT2D eigenvalue weighted by Gasteiger charge is 2.55. The van der Waals surface area contributed by atoms with Crippen molar-refractivity contribution in [1.82, 2.24) is 15.5 Å². The van der Waals surface area contributed by atoms with Crippen LogP contribution in [0.25, 0.3) is 0 Å². The number of methoxy groups -OCH3 is 1. The highest BCUT2D eigenvalue weighted by Crippen LogP contribution is 2.38. The summed E-state index contributed by atoms with van der Waals surface area (Å²) in [4.78, 5) is 69.8. The normalized spacial score (nSPS) is 35.5. The number of benzene rings is 2. The fourth-order valence-electron chi connectivity index (χ4n) is 8.83. The summed E-state index contributed by atoms with van der Waals surface area (Å²) in [5.74, 6) is -4.74. The molecule has 2 N–H and O–H groups in total. The van der Waals surface area contributed by atoms with Gasteiger partial charge in [-0.2, -0.15) is 0 Å². The third kappa shape index (κ3) is 10.5. The lowest BCUT2D eigenvalue weighted by molar-refractivity contribution is -0.299. The molecule has 60 heavy (non-hydrogen) atoms. The van der Waals surface area contributed by atoms with Gasteiger partial charge in [0.25, 0.3) is 0 Å². The molecular formula is C45H63N3O12. The molecule has 0 saturated carbocycles. The van der Waals surface area contributed by atoms with Crippen LogP contribution in [0.3, 0.4) is 0 Å². The van der Waals surface area contributed by atoms with Crippen molar-refractivity contribution in [2.24, 2.45) is 17.8 Å². The Balaban J connectivity index is 1.53. The molecule has 0 bridgehead atoms. The van der Waals surface area contributed by atoms with E-state index in [1.54, 1.807) is 74.5 Å². The van der Waals surface area contributed by atoms with E-state index in [2.05, 4.69) is 10.6 Å². The Morgan fingerprint density at radius 2 is 1.53 bits per heavy atom. The first-order chi connectivity index (χ1) is 28.4. The van der Waals surface area contributed by atoms with Crippen LogP contribution in [0.15, 0.2) is 60.7 Å². The minimum absolute atomic E-state index is 0.0869. The Hall–Kier alpha value is -4.41. The average molecular weight is 838 g/mol. The summed E-state index contributed by atoms with van der Waals surface area (Å²) in [7, 11) is 5.22.